The van der Waals surface area contributed by atoms with Gasteiger partial charge in [-0.15, -0.1) is 0 Å². The van der Waals surface area contributed by atoms with E-state index in [1.54, 1.807) is 26.0 Å². The van der Waals surface area contributed by atoms with Crippen molar-refractivity contribution >= 4 is 34.1 Å². The lowest BCUT2D eigenvalue weighted by Crippen LogP contribution is -2.22. The molecule has 26 heavy (non-hydrogen) atoms. The van der Waals surface area contributed by atoms with Crippen molar-refractivity contribution in [2.75, 3.05) is 60.4 Å². The number of likely N-dealkylation sites (N-methyl/N-ethyl adjacent to an activating group) is 2. The summed E-state index contributed by atoms with van der Waals surface area (Å²) >= 11 is 0. The maximum absolute atomic E-state index is 10.3. The van der Waals surface area contributed by atoms with Crippen molar-refractivity contribution in [2.45, 2.75) is 0 Å². The Kier molecular flexibility index (Phi) is 18.8. The highest BCUT2D eigenvalue weighted by Crippen LogP contribution is 2.34. The summed E-state index contributed by atoms with van der Waals surface area (Å²) in [6, 6.07) is 0. The summed E-state index contributed by atoms with van der Waals surface area (Å²) in [5, 5.41) is 0. The Bertz CT molecular complexity index is 469. The summed E-state index contributed by atoms with van der Waals surface area (Å²) in [4.78, 5) is 66.9. The van der Waals surface area contributed by atoms with E-state index in [9.17, 15) is 23.5 Å². The van der Waals surface area contributed by atoms with Gasteiger partial charge in [0.1, 0.15) is 31.4 Å². The standard InChI is InChI=1S/C5H9NO2.C4H10NO4P.C3H10NO3P/c1-6(2-4-7)3-5-8;1-5(2-3-6)4-10(7,8)9;1-4(2)3-8(5,6)7/h4-5H,2-3H2,1H3;3H,2,4H2,1H3,(H2,7,8,9);3H2,1-2H3,(H2,5,6,7). The number of aldehydes is 3. The molecule has 0 heterocycles. The van der Waals surface area contributed by atoms with Gasteiger partial charge in [0, 0.05) is 0 Å². The summed E-state index contributed by atoms with van der Waals surface area (Å²) < 4.78 is 20.3. The molecule has 0 radical (unpaired) electrons. The number of hydrogen-bond donors (Lipinski definition) is 4. The lowest BCUT2D eigenvalue weighted by atomic mass is 10.6. The van der Waals surface area contributed by atoms with Crippen LogP contribution in [-0.2, 0) is 23.5 Å². The van der Waals surface area contributed by atoms with Crippen LogP contribution in [0.3, 0.4) is 0 Å². The molecule has 0 fully saturated rings. The van der Waals surface area contributed by atoms with E-state index >= 15 is 0 Å². The third kappa shape index (κ3) is 34.5. The molecule has 0 atom stereocenters. The molecule has 0 bridgehead atoms. The number of rotatable bonds is 10. The number of nitrogens with zero attached hydrogens (tertiary/aromatic N) is 3. The minimum Gasteiger partial charge on any atom is -0.324 e. The molecule has 0 aliphatic carbocycles. The topological polar surface area (TPSA) is 176 Å². The van der Waals surface area contributed by atoms with Crippen molar-refractivity contribution in [3.63, 3.8) is 0 Å². The Morgan fingerprint density at radius 2 is 0.962 bits per heavy atom. The summed E-state index contributed by atoms with van der Waals surface area (Å²) in [6.07, 6.45) is 1.58. The minimum absolute atomic E-state index is 0.0467. The van der Waals surface area contributed by atoms with Gasteiger partial charge in [-0.25, -0.2) is 0 Å². The predicted molar refractivity (Wildman–Crippen MR) is 95.8 cm³/mol. The molecule has 0 aromatic heterocycles. The molecule has 14 heteroatoms. The van der Waals surface area contributed by atoms with E-state index in [1.807, 2.05) is 0 Å². The second-order valence-corrected chi connectivity index (χ2v) is 8.68. The van der Waals surface area contributed by atoms with E-state index in [-0.39, 0.29) is 19.1 Å². The Morgan fingerprint density at radius 3 is 1.15 bits per heavy atom. The van der Waals surface area contributed by atoms with E-state index in [0.717, 1.165) is 12.6 Å². The highest BCUT2D eigenvalue weighted by Gasteiger charge is 2.15. The maximum atomic E-state index is 10.3. The quantitative estimate of drug-likeness (QED) is 0.231. The molecule has 0 saturated heterocycles. The zero-order valence-corrected chi connectivity index (χ0v) is 17.1. The van der Waals surface area contributed by atoms with Crippen LogP contribution in [-0.4, -0.2) is 114 Å². The summed E-state index contributed by atoms with van der Waals surface area (Å²) in [5.74, 6) is 0. The van der Waals surface area contributed by atoms with Crippen molar-refractivity contribution in [1.29, 1.82) is 0 Å². The lowest BCUT2D eigenvalue weighted by molar-refractivity contribution is -0.111. The average molecular weight is 421 g/mol. The second-order valence-electron chi connectivity index (χ2n) is 5.45. The van der Waals surface area contributed by atoms with Gasteiger partial charge in [-0.05, 0) is 28.2 Å². The third-order valence-electron chi connectivity index (χ3n) is 2.05. The molecular weight excluding hydrogens is 392 g/mol. The van der Waals surface area contributed by atoms with Gasteiger partial charge in [0.25, 0.3) is 0 Å². The summed E-state index contributed by atoms with van der Waals surface area (Å²) in [7, 11) is -1.38. The molecule has 0 spiro atoms. The fraction of sp³-hybridized carbons (Fsp3) is 0.750. The monoisotopic (exact) mass is 421 g/mol. The SMILES string of the molecule is CN(C)CP(=O)(O)O.CN(CC=O)CC=O.CN(CC=O)CP(=O)(O)O. The minimum atomic E-state index is -3.98. The Labute approximate surface area is 153 Å². The van der Waals surface area contributed by atoms with Crippen LogP contribution >= 0.6 is 15.2 Å². The zero-order valence-electron chi connectivity index (χ0n) is 15.3. The molecule has 0 aromatic rings. The van der Waals surface area contributed by atoms with E-state index in [0.29, 0.717) is 19.4 Å². The first-order valence-electron chi connectivity index (χ1n) is 7.10. The average Bonchev–Trinajstić information content (AvgIpc) is 2.35. The van der Waals surface area contributed by atoms with Crippen molar-refractivity contribution in [3.8, 4) is 0 Å². The fourth-order valence-corrected chi connectivity index (χ4v) is 2.68. The highest BCUT2D eigenvalue weighted by atomic mass is 31.2. The van der Waals surface area contributed by atoms with E-state index < -0.39 is 15.2 Å². The molecule has 156 valence electrons. The number of carbonyl (C=O) groups is 3. The maximum Gasteiger partial charge on any atom is 0.339 e. The van der Waals surface area contributed by atoms with Gasteiger partial charge in [-0.1, -0.05) is 0 Å². The first-order valence-corrected chi connectivity index (χ1v) is 10.7. The molecule has 0 amide bonds. The molecule has 0 aromatic carbocycles. The molecule has 4 N–H and O–H groups in total. The van der Waals surface area contributed by atoms with Gasteiger partial charge in [0.2, 0.25) is 0 Å². The van der Waals surface area contributed by atoms with Gasteiger partial charge < -0.3 is 34.0 Å². The largest absolute Gasteiger partial charge is 0.339 e. The Morgan fingerprint density at radius 1 is 0.654 bits per heavy atom. The van der Waals surface area contributed by atoms with Crippen LogP contribution in [0.15, 0.2) is 0 Å². The van der Waals surface area contributed by atoms with Gasteiger partial charge in [0.05, 0.1) is 19.6 Å². The van der Waals surface area contributed by atoms with Crippen LogP contribution in [0.2, 0.25) is 0 Å². The van der Waals surface area contributed by atoms with E-state index in [2.05, 4.69) is 0 Å². The highest BCUT2D eigenvalue weighted by molar-refractivity contribution is 7.51. The van der Waals surface area contributed by atoms with Crippen LogP contribution in [0.5, 0.6) is 0 Å². The molecule has 0 aliphatic heterocycles. The van der Waals surface area contributed by atoms with Gasteiger partial charge in [0.15, 0.2) is 0 Å². The van der Waals surface area contributed by atoms with Crippen LogP contribution in [0.25, 0.3) is 0 Å². The van der Waals surface area contributed by atoms with Crippen LogP contribution in [0.1, 0.15) is 0 Å². The Balaban J connectivity index is -0.000000308. The van der Waals surface area contributed by atoms with Crippen LogP contribution in [0.4, 0.5) is 0 Å². The smallest absolute Gasteiger partial charge is 0.324 e. The summed E-state index contributed by atoms with van der Waals surface area (Å²) in [5.41, 5.74) is 0. The first-order chi connectivity index (χ1) is 11.7. The predicted octanol–water partition coefficient (Wildman–Crippen LogP) is -1.75. The van der Waals surface area contributed by atoms with E-state index in [1.165, 1.54) is 16.8 Å². The lowest BCUT2D eigenvalue weighted by Gasteiger charge is -2.12. The van der Waals surface area contributed by atoms with Crippen LogP contribution < -0.4 is 0 Å². The van der Waals surface area contributed by atoms with Gasteiger partial charge in [-0.3, -0.25) is 23.8 Å². The fourth-order valence-electron chi connectivity index (χ4n) is 1.20. The third-order valence-corrected chi connectivity index (χ3v) is 3.84. The number of hydrogen-bond acceptors (Lipinski definition) is 8. The second kappa shape index (κ2) is 16.4. The molecule has 0 saturated carbocycles. The van der Waals surface area contributed by atoms with Gasteiger partial charge in [-0.2, -0.15) is 0 Å². The van der Waals surface area contributed by atoms with Crippen molar-refractivity contribution < 1.29 is 43.1 Å². The Hall–Kier alpha value is -0.810. The first kappa shape index (κ1) is 29.9. The zero-order chi connectivity index (χ0) is 21.4. The molecule has 0 aliphatic rings. The normalized spacial score (nSPS) is 11.3. The molecule has 0 rings (SSSR count). The summed E-state index contributed by atoms with van der Waals surface area (Å²) in [6.45, 7) is 0.711. The van der Waals surface area contributed by atoms with Crippen molar-refractivity contribution in [2.24, 2.45) is 0 Å². The van der Waals surface area contributed by atoms with Crippen molar-refractivity contribution in [1.82, 2.24) is 14.7 Å². The van der Waals surface area contributed by atoms with E-state index in [4.69, 9.17) is 19.6 Å². The molecule has 12 nitrogen and oxygen atoms in total. The molecule has 0 unspecified atom stereocenters. The van der Waals surface area contributed by atoms with Crippen molar-refractivity contribution in [3.05, 3.63) is 0 Å². The van der Waals surface area contributed by atoms with Gasteiger partial charge >= 0.3 is 15.2 Å². The molecular formula is C12H29N3O9P2. The van der Waals surface area contributed by atoms with Crippen LogP contribution in [0, 0.1) is 0 Å². The number of carbonyl (C=O) groups excluding carboxylic acids is 3.